The van der Waals surface area contributed by atoms with Crippen LogP contribution in [-0.4, -0.2) is 13.0 Å². The smallest absolute Gasteiger partial charge is 0.408 e. The molecule has 0 aliphatic carbocycles. The summed E-state index contributed by atoms with van der Waals surface area (Å²) >= 11 is 3.26. The maximum atomic E-state index is 12.3. The number of hydrogen-bond donors (Lipinski definition) is 1. The Hall–Kier alpha value is -2.06. The first-order valence-electron chi connectivity index (χ1n) is 6.25. The van der Waals surface area contributed by atoms with Crippen LogP contribution in [0.3, 0.4) is 0 Å². The highest BCUT2D eigenvalue weighted by Gasteiger charge is 2.15. The fourth-order valence-electron chi connectivity index (χ4n) is 2.02. The standard InChI is InChI=1S/C14H11BrN2O4S/c1-17-12-8-10(4-7-13(12)21-14(17)18)16-22(19,20)11-5-2-9(15)3-6-11/h2-8,16H,1H3. The Morgan fingerprint density at radius 2 is 1.82 bits per heavy atom. The molecule has 2 aromatic carbocycles. The van der Waals surface area contributed by atoms with Crippen molar-refractivity contribution in [3.05, 3.63) is 57.5 Å². The molecule has 0 radical (unpaired) electrons. The Bertz CT molecular complexity index is 1000. The van der Waals surface area contributed by atoms with Gasteiger partial charge in [0.15, 0.2) is 5.58 Å². The summed E-state index contributed by atoms with van der Waals surface area (Å²) in [5.74, 6) is -0.497. The number of nitrogens with zero attached hydrogens (tertiary/aromatic N) is 1. The van der Waals surface area contributed by atoms with Crippen molar-refractivity contribution in [2.75, 3.05) is 4.72 Å². The average molecular weight is 383 g/mol. The zero-order valence-corrected chi connectivity index (χ0v) is 13.8. The summed E-state index contributed by atoms with van der Waals surface area (Å²) in [7, 11) is -2.14. The van der Waals surface area contributed by atoms with Crippen molar-refractivity contribution >= 4 is 42.7 Å². The van der Waals surface area contributed by atoms with Crippen LogP contribution in [0.25, 0.3) is 11.1 Å². The Labute approximate surface area is 134 Å². The normalized spacial score (nSPS) is 11.7. The van der Waals surface area contributed by atoms with Crippen molar-refractivity contribution in [3.8, 4) is 0 Å². The van der Waals surface area contributed by atoms with E-state index in [2.05, 4.69) is 20.7 Å². The molecule has 0 unspecified atom stereocenters. The van der Waals surface area contributed by atoms with E-state index >= 15 is 0 Å². The van der Waals surface area contributed by atoms with E-state index in [4.69, 9.17) is 4.42 Å². The number of oxazole rings is 1. The molecule has 1 aromatic heterocycles. The van der Waals surface area contributed by atoms with E-state index in [1.807, 2.05) is 0 Å². The number of halogens is 1. The van der Waals surface area contributed by atoms with Crippen LogP contribution in [0.5, 0.6) is 0 Å². The number of rotatable bonds is 3. The Morgan fingerprint density at radius 3 is 2.50 bits per heavy atom. The molecule has 1 heterocycles. The van der Waals surface area contributed by atoms with Crippen molar-refractivity contribution in [2.45, 2.75) is 4.90 Å². The molecule has 0 fully saturated rings. The molecule has 6 nitrogen and oxygen atoms in total. The second-order valence-electron chi connectivity index (χ2n) is 4.67. The Kier molecular flexibility index (Phi) is 3.57. The summed E-state index contributed by atoms with van der Waals surface area (Å²) in [5, 5.41) is 0. The quantitative estimate of drug-likeness (QED) is 0.754. The van der Waals surface area contributed by atoms with Crippen molar-refractivity contribution in [1.29, 1.82) is 0 Å². The highest BCUT2D eigenvalue weighted by atomic mass is 79.9. The number of fused-ring (bicyclic) bond motifs is 1. The van der Waals surface area contributed by atoms with Gasteiger partial charge in [-0.25, -0.2) is 13.2 Å². The van der Waals surface area contributed by atoms with Gasteiger partial charge in [-0.3, -0.25) is 9.29 Å². The number of aromatic nitrogens is 1. The summed E-state index contributed by atoms with van der Waals surface area (Å²) in [6, 6.07) is 10.9. The first-order valence-corrected chi connectivity index (χ1v) is 8.52. The number of nitrogens with one attached hydrogen (secondary N) is 1. The molecule has 0 aliphatic rings. The summed E-state index contributed by atoms with van der Waals surface area (Å²) < 4.78 is 34.2. The third-order valence-corrected chi connectivity index (χ3v) is 5.09. The molecular formula is C14H11BrN2O4S. The lowest BCUT2D eigenvalue weighted by Crippen LogP contribution is -2.13. The Balaban J connectivity index is 2.00. The van der Waals surface area contributed by atoms with Crippen LogP contribution >= 0.6 is 15.9 Å². The second kappa shape index (κ2) is 5.29. The van der Waals surface area contributed by atoms with Gasteiger partial charge in [-0.1, -0.05) is 15.9 Å². The molecule has 0 atom stereocenters. The molecule has 1 N–H and O–H groups in total. The van der Waals surface area contributed by atoms with Crippen LogP contribution in [0.1, 0.15) is 0 Å². The molecule has 8 heteroatoms. The SMILES string of the molecule is Cn1c(=O)oc2ccc(NS(=O)(=O)c3ccc(Br)cc3)cc21. The van der Waals surface area contributed by atoms with E-state index in [1.54, 1.807) is 37.4 Å². The Morgan fingerprint density at radius 1 is 1.14 bits per heavy atom. The van der Waals surface area contributed by atoms with Gasteiger partial charge in [-0.05, 0) is 42.5 Å². The first-order chi connectivity index (χ1) is 10.4. The lowest BCUT2D eigenvalue weighted by molar-refractivity contribution is 0.528. The fraction of sp³-hybridized carbons (Fsp3) is 0.0714. The van der Waals surface area contributed by atoms with Crippen molar-refractivity contribution in [2.24, 2.45) is 7.05 Å². The highest BCUT2D eigenvalue weighted by molar-refractivity contribution is 9.10. The maximum Gasteiger partial charge on any atom is 0.419 e. The van der Waals surface area contributed by atoms with Gasteiger partial charge in [0.1, 0.15) is 0 Å². The molecule has 0 saturated heterocycles. The number of anilines is 1. The summed E-state index contributed by atoms with van der Waals surface area (Å²) in [6.45, 7) is 0. The van der Waals surface area contributed by atoms with Crippen LogP contribution in [0.15, 0.2) is 61.0 Å². The number of benzene rings is 2. The van der Waals surface area contributed by atoms with Crippen LogP contribution in [-0.2, 0) is 17.1 Å². The van der Waals surface area contributed by atoms with E-state index in [0.29, 0.717) is 16.8 Å². The van der Waals surface area contributed by atoms with Gasteiger partial charge in [-0.2, -0.15) is 0 Å². The van der Waals surface area contributed by atoms with Crippen LogP contribution in [0.4, 0.5) is 5.69 Å². The number of sulfonamides is 1. The monoisotopic (exact) mass is 382 g/mol. The molecule has 22 heavy (non-hydrogen) atoms. The van der Waals surface area contributed by atoms with Gasteiger partial charge in [0.25, 0.3) is 10.0 Å². The van der Waals surface area contributed by atoms with Gasteiger partial charge in [0.2, 0.25) is 0 Å². The van der Waals surface area contributed by atoms with Gasteiger partial charge in [-0.15, -0.1) is 0 Å². The summed E-state index contributed by atoms with van der Waals surface area (Å²) in [6.07, 6.45) is 0. The lowest BCUT2D eigenvalue weighted by atomic mass is 10.3. The van der Waals surface area contributed by atoms with Crippen molar-refractivity contribution in [1.82, 2.24) is 4.57 Å². The lowest BCUT2D eigenvalue weighted by Gasteiger charge is -2.08. The minimum absolute atomic E-state index is 0.150. The van der Waals surface area contributed by atoms with Crippen molar-refractivity contribution in [3.63, 3.8) is 0 Å². The topological polar surface area (TPSA) is 81.3 Å². The van der Waals surface area contributed by atoms with Gasteiger partial charge in [0.05, 0.1) is 16.1 Å². The first kappa shape index (κ1) is 14.9. The summed E-state index contributed by atoms with van der Waals surface area (Å²) in [5.41, 5.74) is 1.27. The third kappa shape index (κ3) is 2.67. The fourth-order valence-corrected chi connectivity index (χ4v) is 3.33. The predicted molar refractivity (Wildman–Crippen MR) is 86.4 cm³/mol. The molecule has 0 spiro atoms. The molecule has 0 amide bonds. The van der Waals surface area contributed by atoms with Crippen LogP contribution in [0.2, 0.25) is 0 Å². The number of aryl methyl sites for hydroxylation is 1. The molecular weight excluding hydrogens is 372 g/mol. The highest BCUT2D eigenvalue weighted by Crippen LogP contribution is 2.22. The maximum absolute atomic E-state index is 12.3. The zero-order valence-electron chi connectivity index (χ0n) is 11.4. The average Bonchev–Trinajstić information content (AvgIpc) is 2.74. The van der Waals surface area contributed by atoms with Crippen LogP contribution < -0.4 is 10.5 Å². The minimum Gasteiger partial charge on any atom is -0.408 e. The van der Waals surface area contributed by atoms with Gasteiger partial charge in [0, 0.05) is 11.5 Å². The van der Waals surface area contributed by atoms with Crippen molar-refractivity contribution < 1.29 is 12.8 Å². The van der Waals surface area contributed by atoms with E-state index in [1.165, 1.54) is 16.7 Å². The molecule has 3 aromatic rings. The minimum atomic E-state index is -3.69. The molecule has 114 valence electrons. The van der Waals surface area contributed by atoms with E-state index in [-0.39, 0.29) is 4.90 Å². The van der Waals surface area contributed by atoms with Gasteiger partial charge >= 0.3 is 5.76 Å². The van der Waals surface area contributed by atoms with Crippen LogP contribution in [0, 0.1) is 0 Å². The second-order valence-corrected chi connectivity index (χ2v) is 7.27. The van der Waals surface area contributed by atoms with Gasteiger partial charge < -0.3 is 4.42 Å². The van der Waals surface area contributed by atoms with E-state index in [0.717, 1.165) is 4.47 Å². The molecule has 0 bridgehead atoms. The zero-order chi connectivity index (χ0) is 15.9. The summed E-state index contributed by atoms with van der Waals surface area (Å²) in [4.78, 5) is 11.6. The molecule has 0 saturated carbocycles. The predicted octanol–water partition coefficient (Wildman–Crippen LogP) is 2.69. The third-order valence-electron chi connectivity index (χ3n) is 3.17. The molecule has 0 aliphatic heterocycles. The van der Waals surface area contributed by atoms with E-state index < -0.39 is 15.8 Å². The number of hydrogen-bond acceptors (Lipinski definition) is 4. The largest absolute Gasteiger partial charge is 0.419 e. The van der Waals surface area contributed by atoms with E-state index in [9.17, 15) is 13.2 Å². The molecule has 3 rings (SSSR count).